The van der Waals surface area contributed by atoms with Crippen LogP contribution in [0.3, 0.4) is 0 Å². The first kappa shape index (κ1) is 40.9. The summed E-state index contributed by atoms with van der Waals surface area (Å²) in [7, 11) is 0. The maximum atomic E-state index is 14.6. The van der Waals surface area contributed by atoms with Crippen LogP contribution in [0.25, 0.3) is 0 Å². The van der Waals surface area contributed by atoms with E-state index in [-0.39, 0.29) is 46.2 Å². The summed E-state index contributed by atoms with van der Waals surface area (Å²) in [4.78, 5) is 14.6. The standard InChI is InChI=1S/C41H66O13/c1-20-10-15-41(35(49)54-34-31(48)29(46)28(45)23(18-42)52-34)17-16-38(5)21(32(41)40(20,7)50)8-9-25-37(4)13-12-26(36(2,3)24(37)11-14-39(25,38)6)53-33-30(47)27(44)22(43)19-51-33/h8,20,22-34,42-48,50H,9-19H2,1-7H3/t20-,22+,23-,24-,25+,26+,27+,28-,29+,30-,31-,32-,33+,34+,37+,38-,39-,40-,41+/m1/s1. The molecule has 13 nitrogen and oxygen atoms in total. The highest BCUT2D eigenvalue weighted by Crippen LogP contribution is 2.76. The minimum atomic E-state index is -1.72. The van der Waals surface area contributed by atoms with Crippen LogP contribution in [0.15, 0.2) is 11.6 Å². The lowest BCUT2D eigenvalue weighted by Crippen LogP contribution is -2.68. The van der Waals surface area contributed by atoms with E-state index in [1.807, 2.05) is 13.8 Å². The number of esters is 1. The molecule has 0 aromatic heterocycles. The number of allylic oxidation sites excluding steroid dienone is 1. The van der Waals surface area contributed by atoms with Gasteiger partial charge in [0.25, 0.3) is 0 Å². The van der Waals surface area contributed by atoms with E-state index in [1.54, 1.807) is 0 Å². The van der Waals surface area contributed by atoms with E-state index in [0.717, 1.165) is 37.7 Å². The zero-order chi connectivity index (χ0) is 39.6. The Balaban J connectivity index is 1.19. The molecule has 54 heavy (non-hydrogen) atoms. The highest BCUT2D eigenvalue weighted by molar-refractivity contribution is 5.79. The molecule has 2 saturated heterocycles. The van der Waals surface area contributed by atoms with Crippen LogP contribution < -0.4 is 0 Å². The highest BCUT2D eigenvalue weighted by atomic mass is 16.7. The molecule has 0 radical (unpaired) electrons. The van der Waals surface area contributed by atoms with Gasteiger partial charge in [-0.15, -0.1) is 0 Å². The maximum absolute atomic E-state index is 14.6. The molecule has 0 unspecified atom stereocenters. The van der Waals surface area contributed by atoms with Gasteiger partial charge in [-0.2, -0.15) is 0 Å². The Bertz CT molecular complexity index is 1470. The summed E-state index contributed by atoms with van der Waals surface area (Å²) >= 11 is 0. The number of ether oxygens (including phenoxy) is 4. The Morgan fingerprint density at radius 3 is 2.19 bits per heavy atom. The second-order valence-electron chi connectivity index (χ2n) is 19.9. The lowest BCUT2D eigenvalue weighted by Gasteiger charge is -2.72. The molecule has 2 aliphatic heterocycles. The van der Waals surface area contributed by atoms with Crippen molar-refractivity contribution < 1.29 is 64.6 Å². The maximum Gasteiger partial charge on any atom is 0.315 e. The Morgan fingerprint density at radius 1 is 0.815 bits per heavy atom. The molecule has 0 amide bonds. The zero-order valence-electron chi connectivity index (χ0n) is 33.1. The van der Waals surface area contributed by atoms with Crippen molar-refractivity contribution in [1.82, 2.24) is 0 Å². The lowest BCUT2D eigenvalue weighted by molar-refractivity contribution is -0.308. The van der Waals surface area contributed by atoms with Crippen LogP contribution in [0, 0.1) is 50.7 Å². The van der Waals surface area contributed by atoms with Crippen LogP contribution in [0.2, 0.25) is 0 Å². The van der Waals surface area contributed by atoms with Crippen LogP contribution >= 0.6 is 0 Å². The summed E-state index contributed by atoms with van der Waals surface area (Å²) in [6, 6.07) is 0. The number of carbonyl (C=O) groups excluding carboxylic acids is 1. The molecule has 5 aliphatic carbocycles. The summed E-state index contributed by atoms with van der Waals surface area (Å²) in [6.07, 6.45) is -4.04. The van der Waals surface area contributed by atoms with Crippen LogP contribution in [-0.4, -0.2) is 127 Å². The normalized spacial score (nSPS) is 55.6. The smallest absolute Gasteiger partial charge is 0.315 e. The fourth-order valence-electron chi connectivity index (χ4n) is 13.5. The molecule has 7 rings (SSSR count). The Morgan fingerprint density at radius 2 is 1.50 bits per heavy atom. The third-order valence-electron chi connectivity index (χ3n) is 17.2. The number of aliphatic hydroxyl groups is 8. The SMILES string of the molecule is C[C@@H]1CC[C@]2(C(=O)O[C@@H]3O[C@H](CO)[C@@H](O)[C@H](O)[C@H]3O)CC[C@]3(C)C(=CC[C@H]4[C@@]5(C)CC[C@H](O[C@@H]6OC[C@H](O)[C@H](O)[C@H]6O)C(C)(C)[C@H]5CC[C@]43C)[C@@H]2[C@]1(C)O. The predicted molar refractivity (Wildman–Crippen MR) is 193 cm³/mol. The fourth-order valence-corrected chi connectivity index (χ4v) is 13.5. The molecule has 19 atom stereocenters. The fraction of sp³-hybridized carbons (Fsp3) is 0.927. The van der Waals surface area contributed by atoms with Gasteiger partial charge in [-0.3, -0.25) is 4.79 Å². The van der Waals surface area contributed by atoms with Crippen molar-refractivity contribution in [2.75, 3.05) is 13.2 Å². The first-order valence-electron chi connectivity index (χ1n) is 20.4. The van der Waals surface area contributed by atoms with Gasteiger partial charge in [-0.1, -0.05) is 53.2 Å². The second kappa shape index (κ2) is 13.7. The quantitative estimate of drug-likeness (QED) is 0.114. The molecule has 308 valence electrons. The third-order valence-corrected chi connectivity index (χ3v) is 17.2. The molecule has 0 spiro atoms. The van der Waals surface area contributed by atoms with E-state index in [2.05, 4.69) is 40.7 Å². The lowest BCUT2D eigenvalue weighted by atomic mass is 9.33. The van der Waals surface area contributed by atoms with Gasteiger partial charge < -0.3 is 59.8 Å². The molecule has 0 bridgehead atoms. The van der Waals surface area contributed by atoms with Crippen molar-refractivity contribution in [2.24, 2.45) is 50.7 Å². The number of hydrogen-bond donors (Lipinski definition) is 8. The highest BCUT2D eigenvalue weighted by Gasteiger charge is 2.72. The summed E-state index contributed by atoms with van der Waals surface area (Å²) in [5.74, 6) is -0.699. The monoisotopic (exact) mass is 766 g/mol. The summed E-state index contributed by atoms with van der Waals surface area (Å²) in [6.45, 7) is 14.8. The minimum absolute atomic E-state index is 0.0674. The zero-order valence-corrected chi connectivity index (χ0v) is 33.1. The van der Waals surface area contributed by atoms with Crippen LogP contribution in [0.1, 0.15) is 106 Å². The Hall–Kier alpha value is -1.23. The second-order valence-corrected chi connectivity index (χ2v) is 19.9. The van der Waals surface area contributed by atoms with Crippen molar-refractivity contribution in [3.8, 4) is 0 Å². The van der Waals surface area contributed by atoms with Crippen LogP contribution in [0.5, 0.6) is 0 Å². The van der Waals surface area contributed by atoms with Gasteiger partial charge in [-0.05, 0) is 104 Å². The molecule has 0 aromatic carbocycles. The largest absolute Gasteiger partial charge is 0.432 e. The summed E-state index contributed by atoms with van der Waals surface area (Å²) in [5, 5.41) is 84.8. The van der Waals surface area contributed by atoms with E-state index < -0.39 is 84.8 Å². The summed E-state index contributed by atoms with van der Waals surface area (Å²) in [5.41, 5.74) is -2.15. The topological polar surface area (TPSA) is 216 Å². The third kappa shape index (κ3) is 5.68. The van der Waals surface area contributed by atoms with Gasteiger partial charge in [0, 0.05) is 5.92 Å². The Labute approximate surface area is 319 Å². The van der Waals surface area contributed by atoms with Crippen molar-refractivity contribution in [3.63, 3.8) is 0 Å². The number of hydrogen-bond acceptors (Lipinski definition) is 13. The first-order valence-corrected chi connectivity index (χ1v) is 20.4. The van der Waals surface area contributed by atoms with Crippen molar-refractivity contribution >= 4 is 5.97 Å². The van der Waals surface area contributed by atoms with E-state index in [4.69, 9.17) is 18.9 Å². The van der Waals surface area contributed by atoms with Crippen LogP contribution in [0.4, 0.5) is 0 Å². The number of aliphatic hydroxyl groups excluding tert-OH is 7. The van der Waals surface area contributed by atoms with Gasteiger partial charge in [0.2, 0.25) is 6.29 Å². The molecular weight excluding hydrogens is 700 g/mol. The molecule has 7 aliphatic rings. The van der Waals surface area contributed by atoms with Gasteiger partial charge in [0.15, 0.2) is 6.29 Å². The Kier molecular flexibility index (Phi) is 10.4. The predicted octanol–water partition coefficient (Wildman–Crippen LogP) is 1.93. The van der Waals surface area contributed by atoms with Crippen molar-refractivity contribution in [1.29, 1.82) is 0 Å². The molecule has 6 fully saturated rings. The molecule has 8 N–H and O–H groups in total. The first-order chi connectivity index (χ1) is 25.1. The molecule has 0 aromatic rings. The van der Waals surface area contributed by atoms with E-state index >= 15 is 0 Å². The average molecular weight is 767 g/mol. The number of rotatable bonds is 5. The molecule has 2 heterocycles. The van der Waals surface area contributed by atoms with Crippen molar-refractivity contribution in [3.05, 3.63) is 11.6 Å². The molecule has 4 saturated carbocycles. The van der Waals surface area contributed by atoms with Crippen LogP contribution in [-0.2, 0) is 23.7 Å². The summed E-state index contributed by atoms with van der Waals surface area (Å²) < 4.78 is 23.7. The van der Waals surface area contributed by atoms with Gasteiger partial charge in [0.05, 0.1) is 30.3 Å². The van der Waals surface area contributed by atoms with E-state index in [0.29, 0.717) is 31.6 Å². The molecular formula is C41H66O13. The molecule has 13 heteroatoms. The van der Waals surface area contributed by atoms with Gasteiger partial charge >= 0.3 is 5.97 Å². The van der Waals surface area contributed by atoms with Gasteiger partial charge in [0.1, 0.15) is 42.7 Å². The minimum Gasteiger partial charge on any atom is -0.432 e. The van der Waals surface area contributed by atoms with E-state index in [1.165, 1.54) is 0 Å². The van der Waals surface area contributed by atoms with E-state index in [9.17, 15) is 45.6 Å². The van der Waals surface area contributed by atoms with Gasteiger partial charge in [-0.25, -0.2) is 0 Å². The average Bonchev–Trinajstić information content (AvgIpc) is 3.11. The van der Waals surface area contributed by atoms with Crippen molar-refractivity contribution in [2.45, 2.75) is 173 Å². The number of fused-ring (bicyclic) bond motifs is 7. The number of carbonyl (C=O) groups is 1.